The Morgan fingerprint density at radius 2 is 2.06 bits per heavy atom. The van der Waals surface area contributed by atoms with Crippen molar-refractivity contribution in [3.63, 3.8) is 0 Å². The van der Waals surface area contributed by atoms with Crippen LogP contribution in [0.25, 0.3) is 0 Å². The van der Waals surface area contributed by atoms with Gasteiger partial charge in [0.25, 0.3) is 0 Å². The summed E-state index contributed by atoms with van der Waals surface area (Å²) in [6.45, 7) is 0.508. The number of hydrogen-bond donors (Lipinski definition) is 2. The molecule has 0 unspecified atom stereocenters. The second kappa shape index (κ2) is 6.54. The summed E-state index contributed by atoms with van der Waals surface area (Å²) in [5.74, 6) is -1.01. The molecule has 1 fully saturated rings. The first-order chi connectivity index (χ1) is 8.75. The first kappa shape index (κ1) is 13.1. The van der Waals surface area contributed by atoms with E-state index in [0.29, 0.717) is 6.54 Å². The molecule has 2 N–H and O–H groups in total. The molecular weight excluding hydrogens is 248 g/mol. The van der Waals surface area contributed by atoms with Crippen molar-refractivity contribution in [1.29, 1.82) is 0 Å². The lowest BCUT2D eigenvalue weighted by Crippen LogP contribution is -2.44. The highest BCUT2D eigenvalue weighted by atomic mass is 32.1. The minimum Gasteiger partial charge on any atom is -0.348 e. The van der Waals surface area contributed by atoms with Gasteiger partial charge in [-0.05, 0) is 41.7 Å². The number of thiophene rings is 1. The third kappa shape index (κ3) is 3.84. The molecule has 0 bridgehead atoms. The van der Waals surface area contributed by atoms with Crippen LogP contribution >= 0.6 is 11.3 Å². The van der Waals surface area contributed by atoms with Gasteiger partial charge in [-0.2, -0.15) is 11.3 Å². The zero-order valence-corrected chi connectivity index (χ0v) is 11.1. The molecule has 2 rings (SSSR count). The highest BCUT2D eigenvalue weighted by Crippen LogP contribution is 2.17. The maximum atomic E-state index is 11.6. The summed E-state index contributed by atoms with van der Waals surface area (Å²) in [6, 6.07) is 2.22. The van der Waals surface area contributed by atoms with E-state index in [0.717, 1.165) is 32.1 Å². The van der Waals surface area contributed by atoms with Crippen molar-refractivity contribution >= 4 is 23.2 Å². The summed E-state index contributed by atoms with van der Waals surface area (Å²) < 4.78 is 0. The van der Waals surface area contributed by atoms with Crippen molar-refractivity contribution in [2.24, 2.45) is 0 Å². The average molecular weight is 266 g/mol. The zero-order valence-electron chi connectivity index (χ0n) is 10.3. The summed E-state index contributed by atoms with van der Waals surface area (Å²) in [6.07, 6.45) is 5.04. The van der Waals surface area contributed by atoms with Gasteiger partial charge in [-0.15, -0.1) is 0 Å². The van der Waals surface area contributed by atoms with E-state index >= 15 is 0 Å². The molecule has 1 aliphatic carbocycles. The molecule has 4 nitrogen and oxygen atoms in total. The third-order valence-corrected chi connectivity index (χ3v) is 3.91. The minimum absolute atomic E-state index is 0.195. The Hall–Kier alpha value is -1.36. The Kier molecular flexibility index (Phi) is 4.75. The zero-order chi connectivity index (χ0) is 12.8. The Labute approximate surface area is 111 Å². The highest BCUT2D eigenvalue weighted by Gasteiger charge is 2.20. The Balaban J connectivity index is 1.65. The summed E-state index contributed by atoms with van der Waals surface area (Å²) in [7, 11) is 0. The topological polar surface area (TPSA) is 58.2 Å². The van der Waals surface area contributed by atoms with E-state index < -0.39 is 11.8 Å². The molecule has 0 spiro atoms. The van der Waals surface area contributed by atoms with E-state index in [1.54, 1.807) is 11.3 Å². The van der Waals surface area contributed by atoms with Crippen molar-refractivity contribution in [3.05, 3.63) is 22.4 Å². The largest absolute Gasteiger partial charge is 0.348 e. The summed E-state index contributed by atoms with van der Waals surface area (Å²) in [5, 5.41) is 9.47. The number of amides is 2. The molecule has 0 aromatic carbocycles. The van der Waals surface area contributed by atoms with Crippen molar-refractivity contribution in [2.45, 2.75) is 38.1 Å². The van der Waals surface area contributed by atoms with Crippen LogP contribution in [0.3, 0.4) is 0 Å². The molecule has 5 heteroatoms. The second-order valence-electron chi connectivity index (χ2n) is 4.59. The normalized spacial score (nSPS) is 15.6. The molecule has 0 aliphatic heterocycles. The van der Waals surface area contributed by atoms with Crippen molar-refractivity contribution in [1.82, 2.24) is 10.6 Å². The van der Waals surface area contributed by atoms with E-state index in [-0.39, 0.29) is 6.04 Å². The SMILES string of the molecule is O=C(NCCc1ccsc1)C(=O)NC1CCCC1. The van der Waals surface area contributed by atoms with Crippen LogP contribution in [0, 0.1) is 0 Å². The van der Waals surface area contributed by atoms with Gasteiger partial charge in [0.05, 0.1) is 0 Å². The van der Waals surface area contributed by atoms with Gasteiger partial charge in [0.2, 0.25) is 0 Å². The lowest BCUT2D eigenvalue weighted by molar-refractivity contribution is -0.139. The molecule has 1 saturated carbocycles. The van der Waals surface area contributed by atoms with E-state index in [1.165, 1.54) is 5.56 Å². The summed E-state index contributed by atoms with van der Waals surface area (Å²) >= 11 is 1.63. The molecular formula is C13H18N2O2S. The van der Waals surface area contributed by atoms with Gasteiger partial charge in [0.15, 0.2) is 0 Å². The van der Waals surface area contributed by atoms with Crippen molar-refractivity contribution in [3.8, 4) is 0 Å². The maximum absolute atomic E-state index is 11.6. The maximum Gasteiger partial charge on any atom is 0.309 e. The summed E-state index contributed by atoms with van der Waals surface area (Å²) in [5.41, 5.74) is 1.19. The van der Waals surface area contributed by atoms with Crippen LogP contribution in [0.1, 0.15) is 31.2 Å². The number of nitrogens with one attached hydrogen (secondary N) is 2. The molecule has 0 atom stereocenters. The average Bonchev–Trinajstić information content (AvgIpc) is 3.01. The van der Waals surface area contributed by atoms with Crippen molar-refractivity contribution < 1.29 is 9.59 Å². The van der Waals surface area contributed by atoms with Crippen LogP contribution in [0.5, 0.6) is 0 Å². The van der Waals surface area contributed by atoms with Crippen LogP contribution in [0.15, 0.2) is 16.8 Å². The van der Waals surface area contributed by atoms with Gasteiger partial charge in [0, 0.05) is 12.6 Å². The quantitative estimate of drug-likeness (QED) is 0.811. The molecule has 1 aromatic heterocycles. The smallest absolute Gasteiger partial charge is 0.309 e. The second-order valence-corrected chi connectivity index (χ2v) is 5.37. The number of carbonyl (C=O) groups excluding carboxylic acids is 2. The standard InChI is InChI=1S/C13H18N2O2S/c16-12(13(17)15-11-3-1-2-4-11)14-7-5-10-6-8-18-9-10/h6,8-9,11H,1-5,7H2,(H,14,16)(H,15,17). The fourth-order valence-corrected chi connectivity index (χ4v) is 2.86. The minimum atomic E-state index is -0.517. The van der Waals surface area contributed by atoms with Crippen LogP contribution < -0.4 is 10.6 Å². The highest BCUT2D eigenvalue weighted by molar-refractivity contribution is 7.07. The van der Waals surface area contributed by atoms with Crippen LogP contribution in [-0.4, -0.2) is 24.4 Å². The molecule has 1 heterocycles. The number of hydrogen-bond acceptors (Lipinski definition) is 3. The third-order valence-electron chi connectivity index (χ3n) is 3.18. The predicted molar refractivity (Wildman–Crippen MR) is 71.4 cm³/mol. The van der Waals surface area contributed by atoms with E-state index in [9.17, 15) is 9.59 Å². The Bertz CT molecular complexity index is 397. The van der Waals surface area contributed by atoms with Gasteiger partial charge in [0.1, 0.15) is 0 Å². The lowest BCUT2D eigenvalue weighted by Gasteiger charge is -2.11. The molecule has 2 amide bonds. The fourth-order valence-electron chi connectivity index (χ4n) is 2.16. The van der Waals surface area contributed by atoms with Gasteiger partial charge in [-0.1, -0.05) is 12.8 Å². The Morgan fingerprint density at radius 1 is 1.28 bits per heavy atom. The molecule has 0 saturated heterocycles. The molecule has 0 radical (unpaired) electrons. The van der Waals surface area contributed by atoms with Crippen LogP contribution in [-0.2, 0) is 16.0 Å². The van der Waals surface area contributed by atoms with E-state index in [4.69, 9.17) is 0 Å². The van der Waals surface area contributed by atoms with Gasteiger partial charge >= 0.3 is 11.8 Å². The van der Waals surface area contributed by atoms with Crippen LogP contribution in [0.4, 0.5) is 0 Å². The lowest BCUT2D eigenvalue weighted by atomic mass is 10.2. The van der Waals surface area contributed by atoms with E-state index in [1.807, 2.05) is 16.8 Å². The molecule has 98 valence electrons. The molecule has 18 heavy (non-hydrogen) atoms. The molecule has 1 aromatic rings. The molecule has 1 aliphatic rings. The predicted octanol–water partition coefficient (Wildman–Crippen LogP) is 1.47. The number of carbonyl (C=O) groups is 2. The monoisotopic (exact) mass is 266 g/mol. The first-order valence-corrected chi connectivity index (χ1v) is 7.30. The van der Waals surface area contributed by atoms with Crippen molar-refractivity contribution in [2.75, 3.05) is 6.54 Å². The first-order valence-electron chi connectivity index (χ1n) is 6.35. The van der Waals surface area contributed by atoms with Gasteiger partial charge in [-0.3, -0.25) is 9.59 Å². The Morgan fingerprint density at radius 3 is 2.72 bits per heavy atom. The van der Waals surface area contributed by atoms with Crippen LogP contribution in [0.2, 0.25) is 0 Å². The summed E-state index contributed by atoms with van der Waals surface area (Å²) in [4.78, 5) is 23.1. The van der Waals surface area contributed by atoms with E-state index in [2.05, 4.69) is 10.6 Å². The van der Waals surface area contributed by atoms with Gasteiger partial charge < -0.3 is 10.6 Å². The number of rotatable bonds is 4. The fraction of sp³-hybridized carbons (Fsp3) is 0.538. The van der Waals surface area contributed by atoms with Gasteiger partial charge in [-0.25, -0.2) is 0 Å².